The standard InChI is InChI=1S/C8H18N/c1-4-8(2)6-5-7-9-3/h8-9H,3-7H2,1-2H3. The first-order chi connectivity index (χ1) is 4.31. The molecule has 0 fully saturated rings. The van der Waals surface area contributed by atoms with E-state index in [-0.39, 0.29) is 0 Å². The number of hydrogen-bond acceptors (Lipinski definition) is 1. The van der Waals surface area contributed by atoms with Crippen molar-refractivity contribution in [3.8, 4) is 0 Å². The molecule has 9 heavy (non-hydrogen) atoms. The van der Waals surface area contributed by atoms with Crippen LogP contribution in [0.15, 0.2) is 0 Å². The molecule has 1 atom stereocenters. The van der Waals surface area contributed by atoms with Gasteiger partial charge in [0.2, 0.25) is 0 Å². The zero-order chi connectivity index (χ0) is 7.11. The molecule has 0 aromatic heterocycles. The van der Waals surface area contributed by atoms with E-state index in [1.54, 1.807) is 0 Å². The summed E-state index contributed by atoms with van der Waals surface area (Å²) >= 11 is 0. The van der Waals surface area contributed by atoms with E-state index in [2.05, 4.69) is 26.2 Å². The van der Waals surface area contributed by atoms with E-state index >= 15 is 0 Å². The van der Waals surface area contributed by atoms with Crippen molar-refractivity contribution in [3.63, 3.8) is 0 Å². The number of nitrogens with one attached hydrogen (secondary N) is 1. The lowest BCUT2D eigenvalue weighted by Gasteiger charge is -2.05. The SMILES string of the molecule is [CH2]NCCCC(C)CC. The van der Waals surface area contributed by atoms with E-state index in [1.165, 1.54) is 19.3 Å². The monoisotopic (exact) mass is 128 g/mol. The predicted octanol–water partition coefficient (Wildman–Crippen LogP) is 2.19. The fourth-order valence-electron chi connectivity index (χ4n) is 0.780. The molecule has 0 saturated carbocycles. The largest absolute Gasteiger partial charge is 0.315 e. The molecule has 0 saturated heterocycles. The first-order valence-electron chi connectivity index (χ1n) is 3.81. The molecule has 1 unspecified atom stereocenters. The Morgan fingerprint density at radius 3 is 2.67 bits per heavy atom. The average Bonchev–Trinajstić information content (AvgIpc) is 1.89. The van der Waals surface area contributed by atoms with Crippen LogP contribution in [-0.2, 0) is 0 Å². The molecule has 1 heteroatoms. The fraction of sp³-hybridized carbons (Fsp3) is 0.875. The van der Waals surface area contributed by atoms with Gasteiger partial charge in [0.05, 0.1) is 0 Å². The number of rotatable bonds is 5. The highest BCUT2D eigenvalue weighted by Gasteiger charge is 1.95. The summed E-state index contributed by atoms with van der Waals surface area (Å²) in [4.78, 5) is 0. The van der Waals surface area contributed by atoms with Crippen LogP contribution in [0.25, 0.3) is 0 Å². The Balaban J connectivity index is 2.88. The zero-order valence-corrected chi connectivity index (χ0v) is 6.61. The van der Waals surface area contributed by atoms with Crippen LogP contribution in [-0.4, -0.2) is 6.54 Å². The molecule has 0 aromatic carbocycles. The third-order valence-corrected chi connectivity index (χ3v) is 1.75. The van der Waals surface area contributed by atoms with Crippen LogP contribution in [0.5, 0.6) is 0 Å². The Morgan fingerprint density at radius 2 is 2.22 bits per heavy atom. The van der Waals surface area contributed by atoms with Crippen LogP contribution < -0.4 is 5.32 Å². The van der Waals surface area contributed by atoms with Gasteiger partial charge in [-0.3, -0.25) is 0 Å². The maximum absolute atomic E-state index is 3.56. The summed E-state index contributed by atoms with van der Waals surface area (Å²) < 4.78 is 0. The highest BCUT2D eigenvalue weighted by Crippen LogP contribution is 2.07. The van der Waals surface area contributed by atoms with Gasteiger partial charge in [0.15, 0.2) is 0 Å². The Morgan fingerprint density at radius 1 is 1.56 bits per heavy atom. The molecule has 0 heterocycles. The Kier molecular flexibility index (Phi) is 6.06. The molecule has 0 bridgehead atoms. The molecule has 0 aliphatic heterocycles. The van der Waals surface area contributed by atoms with Crippen LogP contribution in [0, 0.1) is 13.0 Å². The highest BCUT2D eigenvalue weighted by atomic mass is 14.8. The minimum atomic E-state index is 0.887. The minimum absolute atomic E-state index is 0.887. The van der Waals surface area contributed by atoms with Crippen LogP contribution in [0.4, 0.5) is 0 Å². The zero-order valence-electron chi connectivity index (χ0n) is 6.61. The van der Waals surface area contributed by atoms with Gasteiger partial charge in [-0.05, 0) is 25.3 Å². The predicted molar refractivity (Wildman–Crippen MR) is 42.0 cm³/mol. The second-order valence-corrected chi connectivity index (χ2v) is 2.66. The summed E-state index contributed by atoms with van der Waals surface area (Å²) in [5.74, 6) is 0.887. The third kappa shape index (κ3) is 5.84. The van der Waals surface area contributed by atoms with Crippen molar-refractivity contribution < 1.29 is 0 Å². The lowest BCUT2D eigenvalue weighted by Crippen LogP contribution is -2.06. The Bertz CT molecular complexity index is 52.5. The van der Waals surface area contributed by atoms with Crippen molar-refractivity contribution in [2.75, 3.05) is 6.54 Å². The molecule has 0 aliphatic carbocycles. The van der Waals surface area contributed by atoms with Crippen molar-refractivity contribution in [2.24, 2.45) is 5.92 Å². The van der Waals surface area contributed by atoms with Gasteiger partial charge in [0.1, 0.15) is 0 Å². The van der Waals surface area contributed by atoms with E-state index < -0.39 is 0 Å². The second kappa shape index (κ2) is 6.09. The topological polar surface area (TPSA) is 12.0 Å². The van der Waals surface area contributed by atoms with Gasteiger partial charge in [0.25, 0.3) is 0 Å². The van der Waals surface area contributed by atoms with Gasteiger partial charge in [-0.15, -0.1) is 0 Å². The fourth-order valence-corrected chi connectivity index (χ4v) is 0.780. The molecule has 55 valence electrons. The van der Waals surface area contributed by atoms with Crippen LogP contribution in [0.3, 0.4) is 0 Å². The van der Waals surface area contributed by atoms with E-state index in [1.807, 2.05) is 0 Å². The normalized spacial score (nSPS) is 13.7. The Hall–Kier alpha value is -0.0400. The van der Waals surface area contributed by atoms with Crippen molar-refractivity contribution >= 4 is 0 Å². The first-order valence-corrected chi connectivity index (χ1v) is 3.81. The van der Waals surface area contributed by atoms with Gasteiger partial charge in [-0.2, -0.15) is 0 Å². The summed E-state index contributed by atoms with van der Waals surface area (Å²) in [6, 6.07) is 0. The maximum Gasteiger partial charge on any atom is 0.00767 e. The lowest BCUT2D eigenvalue weighted by molar-refractivity contribution is 0.491. The Labute approximate surface area is 58.8 Å². The van der Waals surface area contributed by atoms with Gasteiger partial charge in [-0.25, -0.2) is 0 Å². The summed E-state index contributed by atoms with van der Waals surface area (Å²) in [6.07, 6.45) is 3.90. The molecule has 1 nitrogen and oxygen atoms in total. The maximum atomic E-state index is 3.56. The van der Waals surface area contributed by atoms with Gasteiger partial charge in [-0.1, -0.05) is 20.3 Å². The second-order valence-electron chi connectivity index (χ2n) is 2.66. The van der Waals surface area contributed by atoms with E-state index in [4.69, 9.17) is 0 Å². The molecule has 0 aliphatic rings. The average molecular weight is 128 g/mol. The van der Waals surface area contributed by atoms with Crippen molar-refractivity contribution in [1.29, 1.82) is 0 Å². The molecule has 0 spiro atoms. The molecular formula is C8H18N. The molecule has 0 amide bonds. The molecule has 1 radical (unpaired) electrons. The third-order valence-electron chi connectivity index (χ3n) is 1.75. The highest BCUT2D eigenvalue weighted by molar-refractivity contribution is 4.51. The molecule has 0 aromatic rings. The molecule has 1 N–H and O–H groups in total. The van der Waals surface area contributed by atoms with Gasteiger partial charge >= 0.3 is 0 Å². The lowest BCUT2D eigenvalue weighted by atomic mass is 10.0. The van der Waals surface area contributed by atoms with Crippen LogP contribution >= 0.6 is 0 Å². The summed E-state index contributed by atoms with van der Waals surface area (Å²) in [7, 11) is 3.56. The minimum Gasteiger partial charge on any atom is -0.315 e. The van der Waals surface area contributed by atoms with Crippen molar-refractivity contribution in [3.05, 3.63) is 7.05 Å². The summed E-state index contributed by atoms with van der Waals surface area (Å²) in [5, 5.41) is 2.90. The first kappa shape index (κ1) is 8.96. The van der Waals surface area contributed by atoms with Gasteiger partial charge < -0.3 is 5.32 Å². The molecular weight excluding hydrogens is 110 g/mol. The van der Waals surface area contributed by atoms with E-state index in [9.17, 15) is 0 Å². The number of hydrogen-bond donors (Lipinski definition) is 1. The van der Waals surface area contributed by atoms with Crippen LogP contribution in [0.2, 0.25) is 0 Å². The van der Waals surface area contributed by atoms with E-state index in [0.717, 1.165) is 12.5 Å². The quantitative estimate of drug-likeness (QED) is 0.560. The van der Waals surface area contributed by atoms with E-state index in [0.29, 0.717) is 0 Å². The summed E-state index contributed by atoms with van der Waals surface area (Å²) in [5.41, 5.74) is 0. The van der Waals surface area contributed by atoms with Gasteiger partial charge in [0, 0.05) is 7.05 Å². The van der Waals surface area contributed by atoms with Crippen molar-refractivity contribution in [2.45, 2.75) is 33.1 Å². The summed E-state index contributed by atoms with van der Waals surface area (Å²) in [6.45, 7) is 5.59. The smallest absolute Gasteiger partial charge is 0.00767 e. The van der Waals surface area contributed by atoms with Crippen LogP contribution in [0.1, 0.15) is 33.1 Å². The molecule has 0 rings (SSSR count). The van der Waals surface area contributed by atoms with Crippen molar-refractivity contribution in [1.82, 2.24) is 5.32 Å².